The molecule has 3 heteroatoms. The van der Waals surface area contributed by atoms with E-state index in [1.165, 1.54) is 23.4 Å². The van der Waals surface area contributed by atoms with Crippen molar-refractivity contribution in [2.24, 2.45) is 0 Å². The van der Waals surface area contributed by atoms with Crippen molar-refractivity contribution in [3.8, 4) is 0 Å². The summed E-state index contributed by atoms with van der Waals surface area (Å²) >= 11 is 1.90. The van der Waals surface area contributed by atoms with E-state index in [1.54, 1.807) is 5.57 Å². The second kappa shape index (κ2) is 5.80. The van der Waals surface area contributed by atoms with Gasteiger partial charge in [-0.2, -0.15) is 0 Å². The van der Waals surface area contributed by atoms with Crippen molar-refractivity contribution in [2.45, 2.75) is 26.4 Å². The molecule has 0 radical (unpaired) electrons. The molecule has 0 aliphatic carbocycles. The molecule has 1 aromatic heterocycles. The van der Waals surface area contributed by atoms with Crippen LogP contribution < -0.4 is 0 Å². The minimum Gasteiger partial charge on any atom is -0.305 e. The third-order valence-corrected chi connectivity index (χ3v) is 4.08. The Balaban J connectivity index is 1.89. The van der Waals surface area contributed by atoms with E-state index in [-0.39, 0.29) is 0 Å². The Kier molecular flexibility index (Phi) is 4.37. The van der Waals surface area contributed by atoms with Crippen LogP contribution in [0.15, 0.2) is 23.1 Å². The monoisotopic (exact) mass is 250 g/mol. The molecule has 0 bridgehead atoms. The van der Waals surface area contributed by atoms with Crippen LogP contribution in [0.5, 0.6) is 0 Å². The minimum absolute atomic E-state index is 1.05. The number of hydrogen-bond acceptors (Lipinski definition) is 3. The number of hydrogen-bond donors (Lipinski definition) is 0. The Morgan fingerprint density at radius 1 is 1.41 bits per heavy atom. The molecule has 94 valence electrons. The molecule has 1 aromatic rings. The fourth-order valence-electron chi connectivity index (χ4n) is 2.13. The van der Waals surface area contributed by atoms with Gasteiger partial charge in [-0.3, -0.25) is 4.90 Å². The van der Waals surface area contributed by atoms with Gasteiger partial charge >= 0.3 is 0 Å². The number of thiophene rings is 1. The van der Waals surface area contributed by atoms with Crippen LogP contribution in [0, 0.1) is 0 Å². The fraction of sp³-hybridized carbons (Fsp3) is 0.571. The molecule has 2 heterocycles. The van der Waals surface area contributed by atoms with Crippen LogP contribution in [0.2, 0.25) is 0 Å². The highest BCUT2D eigenvalue weighted by molar-refractivity contribution is 7.10. The SMILES string of the molecule is CC1=CCN(Cc2cc(CN(C)C)cs2)CC1. The standard InChI is InChI=1S/C14H22N2S/c1-12-4-6-16(7-5-12)10-14-8-13(11-17-14)9-15(2)3/h4,8,11H,5-7,9-10H2,1-3H3. The molecule has 17 heavy (non-hydrogen) atoms. The first-order valence-corrected chi connectivity index (χ1v) is 7.10. The fourth-order valence-corrected chi connectivity index (χ4v) is 3.06. The Labute approximate surface area is 109 Å². The van der Waals surface area contributed by atoms with E-state index in [1.807, 2.05) is 11.3 Å². The highest BCUT2D eigenvalue weighted by atomic mass is 32.1. The predicted molar refractivity (Wildman–Crippen MR) is 75.4 cm³/mol. The van der Waals surface area contributed by atoms with Crippen LogP contribution >= 0.6 is 11.3 Å². The zero-order valence-corrected chi connectivity index (χ0v) is 11.9. The Hall–Kier alpha value is -0.640. The summed E-state index contributed by atoms with van der Waals surface area (Å²) in [4.78, 5) is 6.24. The van der Waals surface area contributed by atoms with Crippen LogP contribution in [0.3, 0.4) is 0 Å². The van der Waals surface area contributed by atoms with E-state index in [4.69, 9.17) is 0 Å². The van der Waals surface area contributed by atoms with Gasteiger partial charge in [-0.15, -0.1) is 11.3 Å². The zero-order chi connectivity index (χ0) is 12.3. The number of nitrogens with zero attached hydrogens (tertiary/aromatic N) is 2. The van der Waals surface area contributed by atoms with E-state index >= 15 is 0 Å². The van der Waals surface area contributed by atoms with Gasteiger partial charge in [0.1, 0.15) is 0 Å². The van der Waals surface area contributed by atoms with Crippen molar-refractivity contribution in [3.63, 3.8) is 0 Å². The average molecular weight is 250 g/mol. The van der Waals surface area contributed by atoms with Gasteiger partial charge < -0.3 is 4.90 Å². The maximum atomic E-state index is 2.53. The van der Waals surface area contributed by atoms with Crippen molar-refractivity contribution in [3.05, 3.63) is 33.5 Å². The molecule has 1 aliphatic heterocycles. The molecule has 0 unspecified atom stereocenters. The quantitative estimate of drug-likeness (QED) is 0.758. The molecule has 0 amide bonds. The van der Waals surface area contributed by atoms with Gasteiger partial charge in [0.15, 0.2) is 0 Å². The molecule has 0 spiro atoms. The topological polar surface area (TPSA) is 6.48 Å². The molecule has 1 aliphatic rings. The molecule has 0 atom stereocenters. The minimum atomic E-state index is 1.05. The van der Waals surface area contributed by atoms with E-state index in [9.17, 15) is 0 Å². The van der Waals surface area contributed by atoms with Crippen molar-refractivity contribution < 1.29 is 0 Å². The first kappa shape index (κ1) is 12.8. The smallest absolute Gasteiger partial charge is 0.0331 e. The second-order valence-electron chi connectivity index (χ2n) is 5.19. The lowest BCUT2D eigenvalue weighted by Crippen LogP contribution is -2.27. The maximum absolute atomic E-state index is 2.53. The summed E-state index contributed by atoms with van der Waals surface area (Å²) in [6.45, 7) is 6.73. The van der Waals surface area contributed by atoms with E-state index in [0.717, 1.165) is 19.6 Å². The van der Waals surface area contributed by atoms with Crippen LogP contribution in [0.25, 0.3) is 0 Å². The summed E-state index contributed by atoms with van der Waals surface area (Å²) < 4.78 is 0. The summed E-state index contributed by atoms with van der Waals surface area (Å²) in [6, 6.07) is 2.36. The summed E-state index contributed by atoms with van der Waals surface area (Å²) in [5.74, 6) is 0. The van der Waals surface area contributed by atoms with Crippen LogP contribution in [0.1, 0.15) is 23.8 Å². The maximum Gasteiger partial charge on any atom is 0.0331 e. The van der Waals surface area contributed by atoms with Crippen LogP contribution in [-0.2, 0) is 13.1 Å². The van der Waals surface area contributed by atoms with E-state index in [2.05, 4.69) is 48.3 Å². The van der Waals surface area contributed by atoms with E-state index in [0.29, 0.717) is 0 Å². The first-order chi connectivity index (χ1) is 8.13. The largest absolute Gasteiger partial charge is 0.305 e. The lowest BCUT2D eigenvalue weighted by Gasteiger charge is -2.24. The third kappa shape index (κ3) is 3.95. The Bertz CT molecular complexity index is 393. The highest BCUT2D eigenvalue weighted by Gasteiger charge is 2.11. The highest BCUT2D eigenvalue weighted by Crippen LogP contribution is 2.19. The lowest BCUT2D eigenvalue weighted by atomic mass is 10.1. The summed E-state index contributed by atoms with van der Waals surface area (Å²) in [5, 5.41) is 2.29. The van der Waals surface area contributed by atoms with Crippen molar-refractivity contribution >= 4 is 11.3 Å². The van der Waals surface area contributed by atoms with Gasteiger partial charge in [-0.25, -0.2) is 0 Å². The van der Waals surface area contributed by atoms with Gasteiger partial charge in [-0.1, -0.05) is 11.6 Å². The average Bonchev–Trinajstić information content (AvgIpc) is 2.68. The second-order valence-corrected chi connectivity index (χ2v) is 6.19. The molecule has 0 N–H and O–H groups in total. The van der Waals surface area contributed by atoms with Crippen molar-refractivity contribution in [1.82, 2.24) is 9.80 Å². The van der Waals surface area contributed by atoms with Gasteiger partial charge in [0, 0.05) is 31.1 Å². The van der Waals surface area contributed by atoms with Crippen molar-refractivity contribution in [1.29, 1.82) is 0 Å². The van der Waals surface area contributed by atoms with Gasteiger partial charge in [0.2, 0.25) is 0 Å². The van der Waals surface area contributed by atoms with Crippen LogP contribution in [0.4, 0.5) is 0 Å². The van der Waals surface area contributed by atoms with Gasteiger partial charge in [0.25, 0.3) is 0 Å². The number of rotatable bonds is 4. The summed E-state index contributed by atoms with van der Waals surface area (Å²) in [5.41, 5.74) is 2.99. The molecule has 0 aromatic carbocycles. The Morgan fingerprint density at radius 2 is 2.24 bits per heavy atom. The molecular weight excluding hydrogens is 228 g/mol. The van der Waals surface area contributed by atoms with Crippen molar-refractivity contribution in [2.75, 3.05) is 27.2 Å². The van der Waals surface area contributed by atoms with Gasteiger partial charge in [0.05, 0.1) is 0 Å². The predicted octanol–water partition coefficient (Wildman–Crippen LogP) is 2.96. The summed E-state index contributed by atoms with van der Waals surface area (Å²) in [7, 11) is 4.24. The molecule has 0 saturated carbocycles. The molecule has 0 saturated heterocycles. The van der Waals surface area contributed by atoms with Gasteiger partial charge in [-0.05, 0) is 44.4 Å². The third-order valence-electron chi connectivity index (χ3n) is 3.11. The normalized spacial score (nSPS) is 17.5. The first-order valence-electron chi connectivity index (χ1n) is 6.22. The Morgan fingerprint density at radius 3 is 2.88 bits per heavy atom. The molecule has 2 nitrogen and oxygen atoms in total. The molecule has 2 rings (SSSR count). The molecular formula is C14H22N2S. The van der Waals surface area contributed by atoms with E-state index < -0.39 is 0 Å². The zero-order valence-electron chi connectivity index (χ0n) is 11.1. The summed E-state index contributed by atoms with van der Waals surface area (Å²) in [6.07, 6.45) is 3.59. The van der Waals surface area contributed by atoms with Crippen LogP contribution in [-0.4, -0.2) is 37.0 Å². The molecule has 0 fully saturated rings. The lowest BCUT2D eigenvalue weighted by molar-refractivity contribution is 0.288.